The number of piperazine rings is 1. The number of nitrogens with zero attached hydrogens (tertiary/aromatic N) is 2. The quantitative estimate of drug-likeness (QED) is 0.559. The molecule has 0 aromatic heterocycles. The first-order chi connectivity index (χ1) is 15.8. The topological polar surface area (TPSA) is 54.0 Å². The molecule has 0 unspecified atom stereocenters. The Morgan fingerprint density at radius 1 is 0.750 bits per heavy atom. The molecule has 1 aliphatic rings. The molecule has 1 saturated heterocycles. The Hall–Kier alpha value is -3.51. The summed E-state index contributed by atoms with van der Waals surface area (Å²) in [5.41, 5.74) is 1.28. The van der Waals surface area contributed by atoms with Crippen LogP contribution in [0, 0.1) is 0 Å². The molecule has 32 heavy (non-hydrogen) atoms. The molecule has 0 saturated carbocycles. The number of hydrogen-bond donors (Lipinski definition) is 1. The zero-order valence-electron chi connectivity index (χ0n) is 18.2. The highest BCUT2D eigenvalue weighted by atomic mass is 16.5. The third-order valence-corrected chi connectivity index (χ3v) is 5.42. The van der Waals surface area contributed by atoms with Gasteiger partial charge in [-0.3, -0.25) is 9.69 Å². The van der Waals surface area contributed by atoms with Gasteiger partial charge in [-0.05, 0) is 48.5 Å². The molecule has 0 aliphatic carbocycles. The van der Waals surface area contributed by atoms with Crippen molar-refractivity contribution in [2.45, 2.75) is 0 Å². The Labute approximate surface area is 189 Å². The number of amides is 1. The first kappa shape index (κ1) is 21.7. The number of para-hydroxylation sites is 2. The summed E-state index contributed by atoms with van der Waals surface area (Å²) in [6, 6.07) is 27.4. The van der Waals surface area contributed by atoms with Crippen LogP contribution >= 0.6 is 0 Å². The molecule has 3 aromatic carbocycles. The van der Waals surface area contributed by atoms with Gasteiger partial charge in [-0.2, -0.15) is 0 Å². The van der Waals surface area contributed by atoms with Crippen molar-refractivity contribution in [1.82, 2.24) is 10.2 Å². The number of carbonyl (C=O) groups is 1. The van der Waals surface area contributed by atoms with Crippen molar-refractivity contribution in [3.8, 4) is 17.2 Å². The fourth-order valence-corrected chi connectivity index (χ4v) is 3.65. The molecule has 0 atom stereocenters. The Kier molecular flexibility index (Phi) is 7.60. The minimum absolute atomic E-state index is 0.000669. The van der Waals surface area contributed by atoms with E-state index in [9.17, 15) is 4.79 Å². The summed E-state index contributed by atoms with van der Waals surface area (Å²) in [6.45, 7) is 5.48. The third-order valence-electron chi connectivity index (χ3n) is 5.42. The lowest BCUT2D eigenvalue weighted by Gasteiger charge is -2.36. The van der Waals surface area contributed by atoms with Crippen LogP contribution in [0.4, 0.5) is 5.69 Å². The van der Waals surface area contributed by atoms with E-state index in [0.717, 1.165) is 44.2 Å². The molecular weight excluding hydrogens is 402 g/mol. The van der Waals surface area contributed by atoms with Gasteiger partial charge in [0.2, 0.25) is 0 Å². The van der Waals surface area contributed by atoms with E-state index in [1.54, 1.807) is 12.1 Å². The predicted molar refractivity (Wildman–Crippen MR) is 127 cm³/mol. The van der Waals surface area contributed by atoms with Gasteiger partial charge in [-0.25, -0.2) is 0 Å². The Morgan fingerprint density at radius 3 is 2.03 bits per heavy atom. The van der Waals surface area contributed by atoms with Gasteiger partial charge in [0.05, 0.1) is 0 Å². The van der Waals surface area contributed by atoms with Crippen LogP contribution in [0.3, 0.4) is 0 Å². The monoisotopic (exact) mass is 431 g/mol. The van der Waals surface area contributed by atoms with E-state index >= 15 is 0 Å². The van der Waals surface area contributed by atoms with E-state index in [1.165, 1.54) is 5.69 Å². The normalized spacial score (nSPS) is 14.1. The average molecular weight is 432 g/mol. The van der Waals surface area contributed by atoms with E-state index < -0.39 is 0 Å². The van der Waals surface area contributed by atoms with Gasteiger partial charge in [-0.15, -0.1) is 0 Å². The number of anilines is 1. The molecule has 1 N–H and O–H groups in total. The van der Waals surface area contributed by atoms with E-state index in [-0.39, 0.29) is 12.5 Å². The minimum atomic E-state index is -0.113. The van der Waals surface area contributed by atoms with Crippen LogP contribution in [0.5, 0.6) is 17.2 Å². The summed E-state index contributed by atoms with van der Waals surface area (Å²) in [4.78, 5) is 16.9. The molecule has 0 bridgehead atoms. The Bertz CT molecular complexity index is 957. The molecule has 1 fully saturated rings. The highest BCUT2D eigenvalue weighted by Gasteiger charge is 2.16. The van der Waals surface area contributed by atoms with E-state index in [0.29, 0.717) is 12.3 Å². The summed E-state index contributed by atoms with van der Waals surface area (Å²) in [5.74, 6) is 2.03. The zero-order chi connectivity index (χ0) is 22.0. The van der Waals surface area contributed by atoms with E-state index in [4.69, 9.17) is 9.47 Å². The van der Waals surface area contributed by atoms with Gasteiger partial charge in [0.1, 0.15) is 17.2 Å². The summed E-state index contributed by atoms with van der Waals surface area (Å²) in [7, 11) is 0. The maximum Gasteiger partial charge on any atom is 0.257 e. The smallest absolute Gasteiger partial charge is 0.257 e. The third kappa shape index (κ3) is 6.49. The van der Waals surface area contributed by atoms with Crippen LogP contribution in [0.25, 0.3) is 0 Å². The summed E-state index contributed by atoms with van der Waals surface area (Å²) < 4.78 is 11.3. The van der Waals surface area contributed by atoms with Crippen molar-refractivity contribution in [2.75, 3.05) is 50.8 Å². The number of hydrogen-bond acceptors (Lipinski definition) is 5. The van der Waals surface area contributed by atoms with E-state index in [2.05, 4.69) is 39.4 Å². The number of carbonyl (C=O) groups excluding carboxylic acids is 1. The first-order valence-corrected chi connectivity index (χ1v) is 11.0. The second-order valence-electron chi connectivity index (χ2n) is 7.69. The lowest BCUT2D eigenvalue weighted by atomic mass is 10.2. The second kappa shape index (κ2) is 11.2. The number of ether oxygens (including phenoxy) is 2. The zero-order valence-corrected chi connectivity index (χ0v) is 18.2. The minimum Gasteiger partial charge on any atom is -0.484 e. The number of rotatable bonds is 9. The molecule has 0 spiro atoms. The lowest BCUT2D eigenvalue weighted by Crippen LogP contribution is -2.48. The van der Waals surface area contributed by atoms with Gasteiger partial charge in [-0.1, -0.05) is 36.4 Å². The molecule has 1 amide bonds. The summed E-state index contributed by atoms with van der Waals surface area (Å²) in [5, 5.41) is 2.94. The highest BCUT2D eigenvalue weighted by Crippen LogP contribution is 2.23. The standard InChI is InChI=1S/C26H29N3O3/c30-26(21-31-23-11-13-25(14-12-23)32-24-9-5-2-6-10-24)27-15-16-28-17-19-29(20-18-28)22-7-3-1-4-8-22/h1-14H,15-21H2,(H,27,30). The Balaban J connectivity index is 1.11. The predicted octanol–water partition coefficient (Wildman–Crippen LogP) is 3.80. The summed E-state index contributed by atoms with van der Waals surface area (Å²) in [6.07, 6.45) is 0. The maximum absolute atomic E-state index is 12.1. The molecule has 1 heterocycles. The maximum atomic E-state index is 12.1. The van der Waals surface area contributed by atoms with Crippen molar-refractivity contribution in [2.24, 2.45) is 0 Å². The summed E-state index contributed by atoms with van der Waals surface area (Å²) >= 11 is 0. The number of benzene rings is 3. The fourth-order valence-electron chi connectivity index (χ4n) is 3.65. The largest absolute Gasteiger partial charge is 0.484 e. The lowest BCUT2D eigenvalue weighted by molar-refractivity contribution is -0.123. The van der Waals surface area contributed by atoms with Crippen LogP contribution in [-0.4, -0.2) is 56.7 Å². The van der Waals surface area contributed by atoms with Gasteiger partial charge in [0, 0.05) is 45.0 Å². The molecule has 0 radical (unpaired) electrons. The molecule has 3 aromatic rings. The van der Waals surface area contributed by atoms with Crippen LogP contribution < -0.4 is 19.7 Å². The van der Waals surface area contributed by atoms with Crippen LogP contribution in [-0.2, 0) is 4.79 Å². The van der Waals surface area contributed by atoms with E-state index in [1.807, 2.05) is 48.5 Å². The molecule has 166 valence electrons. The van der Waals surface area contributed by atoms with Crippen molar-refractivity contribution >= 4 is 11.6 Å². The second-order valence-corrected chi connectivity index (χ2v) is 7.69. The Morgan fingerprint density at radius 2 is 1.34 bits per heavy atom. The SMILES string of the molecule is O=C(COc1ccc(Oc2ccccc2)cc1)NCCN1CCN(c2ccccc2)CC1. The van der Waals surface area contributed by atoms with Crippen molar-refractivity contribution in [3.63, 3.8) is 0 Å². The number of nitrogens with one attached hydrogen (secondary N) is 1. The van der Waals surface area contributed by atoms with Crippen molar-refractivity contribution in [3.05, 3.63) is 84.9 Å². The van der Waals surface area contributed by atoms with Crippen LogP contribution in [0.2, 0.25) is 0 Å². The fraction of sp³-hybridized carbons (Fsp3) is 0.269. The van der Waals surface area contributed by atoms with Gasteiger partial charge < -0.3 is 19.7 Å². The molecular formula is C26H29N3O3. The highest BCUT2D eigenvalue weighted by molar-refractivity contribution is 5.77. The van der Waals surface area contributed by atoms with Gasteiger partial charge in [0.15, 0.2) is 6.61 Å². The molecule has 1 aliphatic heterocycles. The van der Waals surface area contributed by atoms with Gasteiger partial charge in [0.25, 0.3) is 5.91 Å². The average Bonchev–Trinajstić information content (AvgIpc) is 2.85. The van der Waals surface area contributed by atoms with Crippen molar-refractivity contribution in [1.29, 1.82) is 0 Å². The van der Waals surface area contributed by atoms with Gasteiger partial charge >= 0.3 is 0 Å². The van der Waals surface area contributed by atoms with Crippen LogP contribution in [0.15, 0.2) is 84.9 Å². The molecule has 6 heteroatoms. The molecule has 6 nitrogen and oxygen atoms in total. The van der Waals surface area contributed by atoms with Crippen molar-refractivity contribution < 1.29 is 14.3 Å². The first-order valence-electron chi connectivity index (χ1n) is 11.0. The van der Waals surface area contributed by atoms with Crippen LogP contribution in [0.1, 0.15) is 0 Å². The molecule has 4 rings (SSSR count).